The number of carbonyl (C=O) groups is 2. The van der Waals surface area contributed by atoms with Gasteiger partial charge in [0.2, 0.25) is 5.91 Å². The first kappa shape index (κ1) is 23.0. The molecule has 2 rings (SSSR count). The molecule has 0 heterocycles. The van der Waals surface area contributed by atoms with Crippen molar-refractivity contribution in [3.63, 3.8) is 0 Å². The molecule has 0 radical (unpaired) electrons. The highest BCUT2D eigenvalue weighted by Crippen LogP contribution is 2.23. The Morgan fingerprint density at radius 2 is 1.86 bits per heavy atom. The summed E-state index contributed by atoms with van der Waals surface area (Å²) in [5, 5.41) is 3.83. The van der Waals surface area contributed by atoms with E-state index in [2.05, 4.69) is 12.2 Å². The van der Waals surface area contributed by atoms with Gasteiger partial charge in [0.15, 0.2) is 6.61 Å². The molecule has 2 amide bonds. The Morgan fingerprint density at radius 1 is 1.14 bits per heavy atom. The lowest BCUT2D eigenvalue weighted by Crippen LogP contribution is -2.49. The molecule has 7 heteroatoms. The minimum atomic E-state index is -0.675. The molecule has 0 aromatic heterocycles. The monoisotopic (exact) mass is 436 g/mol. The summed E-state index contributed by atoms with van der Waals surface area (Å²) in [7, 11) is 0. The fourth-order valence-corrected chi connectivity index (χ4v) is 3.17. The van der Waals surface area contributed by atoms with Gasteiger partial charge in [0.1, 0.15) is 11.8 Å². The molecule has 0 saturated heterocycles. The van der Waals surface area contributed by atoms with E-state index in [1.807, 2.05) is 18.2 Å². The molecule has 2 aromatic carbocycles. The average Bonchev–Trinajstić information content (AvgIpc) is 2.72. The molecule has 2 aromatic rings. The maximum atomic E-state index is 12.9. The first-order valence-electron chi connectivity index (χ1n) is 9.61. The molecular weight excluding hydrogens is 411 g/mol. The van der Waals surface area contributed by atoms with Crippen molar-refractivity contribution in [3.05, 3.63) is 64.1 Å². The van der Waals surface area contributed by atoms with E-state index in [0.29, 0.717) is 27.9 Å². The smallest absolute Gasteiger partial charge is 0.261 e. The number of hydrogen-bond acceptors (Lipinski definition) is 3. The topological polar surface area (TPSA) is 58.6 Å². The van der Waals surface area contributed by atoms with Crippen LogP contribution in [0.4, 0.5) is 0 Å². The van der Waals surface area contributed by atoms with E-state index in [9.17, 15) is 9.59 Å². The normalized spacial score (nSPS) is 11.6. The molecule has 0 unspecified atom stereocenters. The molecule has 29 heavy (non-hydrogen) atoms. The Morgan fingerprint density at radius 3 is 2.52 bits per heavy atom. The minimum Gasteiger partial charge on any atom is -0.484 e. The van der Waals surface area contributed by atoms with E-state index in [-0.39, 0.29) is 25.0 Å². The molecule has 156 valence electrons. The Labute approximate surface area is 181 Å². The molecule has 0 saturated carbocycles. The van der Waals surface area contributed by atoms with Crippen molar-refractivity contribution in [3.8, 4) is 5.75 Å². The molecule has 1 atom stereocenters. The lowest BCUT2D eigenvalue weighted by molar-refractivity contribution is -0.142. The van der Waals surface area contributed by atoms with Crippen molar-refractivity contribution in [2.45, 2.75) is 39.3 Å². The van der Waals surface area contributed by atoms with Gasteiger partial charge in [-0.1, -0.05) is 60.8 Å². The van der Waals surface area contributed by atoms with Gasteiger partial charge in [-0.3, -0.25) is 9.59 Å². The largest absolute Gasteiger partial charge is 0.484 e. The molecule has 0 aliphatic carbocycles. The maximum absolute atomic E-state index is 12.9. The van der Waals surface area contributed by atoms with Crippen LogP contribution in [0, 0.1) is 0 Å². The number of para-hydroxylation sites is 1. The van der Waals surface area contributed by atoms with Gasteiger partial charge in [-0.25, -0.2) is 0 Å². The fourth-order valence-electron chi connectivity index (χ4n) is 2.70. The third kappa shape index (κ3) is 7.26. The van der Waals surface area contributed by atoms with E-state index in [0.717, 1.165) is 12.8 Å². The molecular formula is C22H26Cl2N2O3. The molecule has 0 aliphatic heterocycles. The Kier molecular flexibility index (Phi) is 9.29. The highest BCUT2D eigenvalue weighted by molar-refractivity contribution is 6.35. The van der Waals surface area contributed by atoms with Gasteiger partial charge in [-0.15, -0.1) is 0 Å². The zero-order valence-electron chi connectivity index (χ0n) is 16.7. The minimum absolute atomic E-state index is 0.176. The number of amides is 2. The molecule has 5 nitrogen and oxygen atoms in total. The van der Waals surface area contributed by atoms with Crippen LogP contribution in [0.15, 0.2) is 48.5 Å². The zero-order chi connectivity index (χ0) is 21.2. The summed E-state index contributed by atoms with van der Waals surface area (Å²) in [5.74, 6) is 0.0694. The summed E-state index contributed by atoms with van der Waals surface area (Å²) in [5.41, 5.74) is 0.706. The third-order valence-corrected chi connectivity index (χ3v) is 5.05. The van der Waals surface area contributed by atoms with Crippen LogP contribution < -0.4 is 10.1 Å². The summed E-state index contributed by atoms with van der Waals surface area (Å²) in [6.45, 7) is 4.32. The molecule has 0 fully saturated rings. The Bertz CT molecular complexity index is 815. The summed E-state index contributed by atoms with van der Waals surface area (Å²) in [6, 6.07) is 13.5. The number of hydrogen-bond donors (Lipinski definition) is 1. The SMILES string of the molecule is CCCCNC(=O)[C@H](C)N(Cc1ccc(Cl)cc1Cl)C(=O)COc1ccccc1. The van der Waals surface area contributed by atoms with Crippen LogP contribution in [0.5, 0.6) is 5.75 Å². The lowest BCUT2D eigenvalue weighted by atomic mass is 10.1. The molecule has 1 N–H and O–H groups in total. The van der Waals surface area contributed by atoms with Crippen LogP contribution in [0.3, 0.4) is 0 Å². The maximum Gasteiger partial charge on any atom is 0.261 e. The second-order valence-corrected chi connectivity index (χ2v) is 7.52. The number of nitrogens with one attached hydrogen (secondary N) is 1. The van der Waals surface area contributed by atoms with E-state index >= 15 is 0 Å². The highest BCUT2D eigenvalue weighted by atomic mass is 35.5. The van der Waals surface area contributed by atoms with Crippen LogP contribution in [-0.4, -0.2) is 35.9 Å². The van der Waals surface area contributed by atoms with E-state index < -0.39 is 6.04 Å². The number of unbranched alkanes of at least 4 members (excludes halogenated alkanes) is 1. The van der Waals surface area contributed by atoms with Crippen LogP contribution in [-0.2, 0) is 16.1 Å². The second-order valence-electron chi connectivity index (χ2n) is 6.68. The number of rotatable bonds is 10. The number of benzene rings is 2. The van der Waals surface area contributed by atoms with Crippen molar-refractivity contribution in [1.29, 1.82) is 0 Å². The number of halogens is 2. The van der Waals surface area contributed by atoms with Crippen LogP contribution in [0.25, 0.3) is 0 Å². The zero-order valence-corrected chi connectivity index (χ0v) is 18.2. The van der Waals surface area contributed by atoms with Gasteiger partial charge < -0.3 is 15.0 Å². The lowest BCUT2D eigenvalue weighted by Gasteiger charge is -2.29. The molecule has 0 aliphatic rings. The van der Waals surface area contributed by atoms with Gasteiger partial charge in [-0.05, 0) is 43.2 Å². The second kappa shape index (κ2) is 11.7. The van der Waals surface area contributed by atoms with E-state index in [4.69, 9.17) is 27.9 Å². The van der Waals surface area contributed by atoms with E-state index in [1.54, 1.807) is 37.3 Å². The van der Waals surface area contributed by atoms with Crippen molar-refractivity contribution in [2.75, 3.05) is 13.2 Å². The fraction of sp³-hybridized carbons (Fsp3) is 0.364. The molecule has 0 spiro atoms. The quantitative estimate of drug-likeness (QED) is 0.548. The summed E-state index contributed by atoms with van der Waals surface area (Å²) >= 11 is 12.3. The predicted molar refractivity (Wildman–Crippen MR) is 116 cm³/mol. The van der Waals surface area contributed by atoms with Crippen molar-refractivity contribution >= 4 is 35.0 Å². The first-order chi connectivity index (χ1) is 13.9. The Hall–Kier alpha value is -2.24. The number of ether oxygens (including phenoxy) is 1. The average molecular weight is 437 g/mol. The van der Waals surface area contributed by atoms with Gasteiger partial charge in [-0.2, -0.15) is 0 Å². The number of carbonyl (C=O) groups excluding carboxylic acids is 2. The van der Waals surface area contributed by atoms with Gasteiger partial charge in [0.05, 0.1) is 0 Å². The summed E-state index contributed by atoms with van der Waals surface area (Å²) in [6.07, 6.45) is 1.86. The van der Waals surface area contributed by atoms with Gasteiger partial charge in [0.25, 0.3) is 5.91 Å². The third-order valence-electron chi connectivity index (χ3n) is 4.46. The predicted octanol–water partition coefficient (Wildman–Crippen LogP) is 4.71. The summed E-state index contributed by atoms with van der Waals surface area (Å²) < 4.78 is 5.59. The van der Waals surface area contributed by atoms with Gasteiger partial charge >= 0.3 is 0 Å². The Balaban J connectivity index is 2.14. The van der Waals surface area contributed by atoms with Crippen molar-refractivity contribution < 1.29 is 14.3 Å². The van der Waals surface area contributed by atoms with Crippen molar-refractivity contribution in [2.24, 2.45) is 0 Å². The first-order valence-corrected chi connectivity index (χ1v) is 10.4. The number of nitrogens with zero attached hydrogens (tertiary/aromatic N) is 1. The molecule has 0 bridgehead atoms. The highest BCUT2D eigenvalue weighted by Gasteiger charge is 2.27. The summed E-state index contributed by atoms with van der Waals surface area (Å²) in [4.78, 5) is 27.0. The van der Waals surface area contributed by atoms with Gasteiger partial charge in [0, 0.05) is 23.1 Å². The van der Waals surface area contributed by atoms with Crippen LogP contribution in [0.2, 0.25) is 10.0 Å². The van der Waals surface area contributed by atoms with Crippen LogP contribution >= 0.6 is 23.2 Å². The standard InChI is InChI=1S/C22H26Cl2N2O3/c1-3-4-12-25-22(28)16(2)26(14-17-10-11-18(23)13-20(17)24)21(27)15-29-19-8-6-5-7-9-19/h5-11,13,16H,3-4,12,14-15H2,1-2H3,(H,25,28)/t16-/m0/s1. The van der Waals surface area contributed by atoms with E-state index in [1.165, 1.54) is 4.90 Å². The van der Waals surface area contributed by atoms with Crippen LogP contribution in [0.1, 0.15) is 32.3 Å². The van der Waals surface area contributed by atoms with Crippen molar-refractivity contribution in [1.82, 2.24) is 10.2 Å².